The summed E-state index contributed by atoms with van der Waals surface area (Å²) in [5.41, 5.74) is 4.59. The van der Waals surface area contributed by atoms with E-state index in [1.807, 2.05) is 117 Å². The fourth-order valence-corrected chi connectivity index (χ4v) is 5.49. The van der Waals surface area contributed by atoms with Gasteiger partial charge in [-0.3, -0.25) is 19.3 Å². The number of aryl methyl sites for hydroxylation is 1. The van der Waals surface area contributed by atoms with E-state index in [1.165, 1.54) is 11.8 Å². The van der Waals surface area contributed by atoms with Crippen LogP contribution in [0, 0.1) is 6.92 Å². The standard InChI is InChI=1S/C38H33N3O3S/c1-27-18-20-29(21-19-27)26-35(40-36(42)30-12-6-3-7-13-30)37(43)39-31-22-24-34(25-23-31)45-28(2)38(44)41(32-14-8-4-9-15-32)33-16-10-5-11-17-33/h3-26,28H,1-2H3,(H,39,43)(H,40,42)/b35-26-. The van der Waals surface area contributed by atoms with Gasteiger partial charge in [0.15, 0.2) is 0 Å². The highest BCUT2D eigenvalue weighted by Gasteiger charge is 2.24. The van der Waals surface area contributed by atoms with Crippen molar-refractivity contribution in [3.63, 3.8) is 0 Å². The van der Waals surface area contributed by atoms with Gasteiger partial charge in [-0.2, -0.15) is 0 Å². The third-order valence-corrected chi connectivity index (χ3v) is 8.04. The molecule has 0 aliphatic heterocycles. The van der Waals surface area contributed by atoms with Crippen LogP contribution >= 0.6 is 11.8 Å². The van der Waals surface area contributed by atoms with Crippen molar-refractivity contribution in [2.75, 3.05) is 10.2 Å². The molecule has 0 heterocycles. The van der Waals surface area contributed by atoms with Gasteiger partial charge in [0.1, 0.15) is 5.70 Å². The number of hydrogen-bond donors (Lipinski definition) is 2. The first-order valence-electron chi connectivity index (χ1n) is 14.5. The Hall–Kier alpha value is -5.40. The van der Waals surface area contributed by atoms with E-state index in [-0.39, 0.29) is 22.8 Å². The number of nitrogens with zero attached hydrogens (tertiary/aromatic N) is 1. The quantitative estimate of drug-likeness (QED) is 0.123. The minimum absolute atomic E-state index is 0.0465. The molecule has 45 heavy (non-hydrogen) atoms. The van der Waals surface area contributed by atoms with Gasteiger partial charge in [-0.25, -0.2) is 0 Å². The monoisotopic (exact) mass is 611 g/mol. The lowest BCUT2D eigenvalue weighted by Gasteiger charge is -2.26. The number of anilines is 3. The van der Waals surface area contributed by atoms with Gasteiger partial charge in [0.05, 0.1) is 5.25 Å². The molecule has 6 nitrogen and oxygen atoms in total. The van der Waals surface area contributed by atoms with E-state index in [4.69, 9.17) is 0 Å². The third-order valence-electron chi connectivity index (χ3n) is 6.94. The molecule has 5 aromatic rings. The molecule has 0 bridgehead atoms. The van der Waals surface area contributed by atoms with Crippen LogP contribution in [-0.4, -0.2) is 23.0 Å². The van der Waals surface area contributed by atoms with Crippen LogP contribution in [-0.2, 0) is 9.59 Å². The van der Waals surface area contributed by atoms with Gasteiger partial charge in [-0.05, 0) is 86.2 Å². The van der Waals surface area contributed by atoms with Crippen molar-refractivity contribution in [3.8, 4) is 0 Å². The number of carbonyl (C=O) groups is 3. The maximum absolute atomic E-state index is 13.7. The second-order valence-corrected chi connectivity index (χ2v) is 11.8. The minimum Gasteiger partial charge on any atom is -0.321 e. The van der Waals surface area contributed by atoms with Crippen molar-refractivity contribution < 1.29 is 14.4 Å². The van der Waals surface area contributed by atoms with Gasteiger partial charge in [-0.1, -0.05) is 84.4 Å². The predicted molar refractivity (Wildman–Crippen MR) is 183 cm³/mol. The molecule has 1 atom stereocenters. The van der Waals surface area contributed by atoms with Crippen LogP contribution in [0.25, 0.3) is 6.08 Å². The van der Waals surface area contributed by atoms with Crippen LogP contribution < -0.4 is 15.5 Å². The van der Waals surface area contributed by atoms with Gasteiger partial charge >= 0.3 is 0 Å². The summed E-state index contributed by atoms with van der Waals surface area (Å²) in [7, 11) is 0. The molecule has 0 spiro atoms. The fraction of sp³-hybridized carbons (Fsp3) is 0.0789. The van der Waals surface area contributed by atoms with Crippen LogP contribution in [0.1, 0.15) is 28.4 Å². The Labute approximate surface area is 267 Å². The molecule has 2 N–H and O–H groups in total. The Kier molecular flexibility index (Phi) is 10.2. The van der Waals surface area contributed by atoms with Crippen molar-refractivity contribution in [1.82, 2.24) is 5.32 Å². The molecule has 224 valence electrons. The molecule has 0 saturated heterocycles. The highest BCUT2D eigenvalue weighted by atomic mass is 32.2. The molecule has 0 radical (unpaired) electrons. The minimum atomic E-state index is -0.454. The topological polar surface area (TPSA) is 78.5 Å². The summed E-state index contributed by atoms with van der Waals surface area (Å²) >= 11 is 1.44. The second kappa shape index (κ2) is 14.9. The summed E-state index contributed by atoms with van der Waals surface area (Å²) in [6, 6.07) is 42.9. The number of carbonyl (C=O) groups excluding carboxylic acids is 3. The van der Waals surface area contributed by atoms with Gasteiger partial charge in [-0.15, -0.1) is 11.8 Å². The number of benzene rings is 5. The molecule has 0 aliphatic rings. The lowest BCUT2D eigenvalue weighted by molar-refractivity contribution is -0.117. The first-order valence-corrected chi connectivity index (χ1v) is 15.4. The molecule has 7 heteroatoms. The zero-order chi connectivity index (χ0) is 31.6. The number of para-hydroxylation sites is 2. The van der Waals surface area contributed by atoms with Crippen LogP contribution in [0.5, 0.6) is 0 Å². The largest absolute Gasteiger partial charge is 0.321 e. The molecule has 0 aliphatic carbocycles. The average Bonchev–Trinajstić information content (AvgIpc) is 3.07. The predicted octanol–water partition coefficient (Wildman–Crippen LogP) is 8.25. The van der Waals surface area contributed by atoms with E-state index in [9.17, 15) is 14.4 Å². The van der Waals surface area contributed by atoms with E-state index in [2.05, 4.69) is 10.6 Å². The van der Waals surface area contributed by atoms with Gasteiger partial charge in [0.25, 0.3) is 11.8 Å². The molecule has 0 fully saturated rings. The van der Waals surface area contributed by atoms with Crippen LogP contribution in [0.2, 0.25) is 0 Å². The molecule has 5 rings (SSSR count). The molecule has 0 saturated carbocycles. The van der Waals surface area contributed by atoms with E-state index >= 15 is 0 Å². The van der Waals surface area contributed by atoms with Crippen molar-refractivity contribution in [2.24, 2.45) is 0 Å². The van der Waals surface area contributed by atoms with Gasteiger partial charge in [0, 0.05) is 27.5 Å². The smallest absolute Gasteiger partial charge is 0.272 e. The van der Waals surface area contributed by atoms with Crippen molar-refractivity contribution in [3.05, 3.63) is 162 Å². The van der Waals surface area contributed by atoms with Crippen LogP contribution in [0.15, 0.2) is 150 Å². The Bertz CT molecular complexity index is 1730. The normalized spacial score (nSPS) is 11.7. The zero-order valence-corrected chi connectivity index (χ0v) is 25.8. The number of amides is 3. The molecular formula is C38H33N3O3S. The number of hydrogen-bond acceptors (Lipinski definition) is 4. The Morgan fingerprint density at radius 2 is 1.22 bits per heavy atom. The number of rotatable bonds is 10. The lowest BCUT2D eigenvalue weighted by atomic mass is 10.1. The Morgan fingerprint density at radius 1 is 0.689 bits per heavy atom. The lowest BCUT2D eigenvalue weighted by Crippen LogP contribution is -2.32. The zero-order valence-electron chi connectivity index (χ0n) is 25.0. The van der Waals surface area contributed by atoms with E-state index < -0.39 is 5.91 Å². The highest BCUT2D eigenvalue weighted by Crippen LogP contribution is 2.31. The first-order chi connectivity index (χ1) is 21.9. The fourth-order valence-electron chi connectivity index (χ4n) is 4.58. The van der Waals surface area contributed by atoms with E-state index in [0.717, 1.165) is 27.4 Å². The average molecular weight is 612 g/mol. The van der Waals surface area contributed by atoms with Gasteiger partial charge < -0.3 is 10.6 Å². The van der Waals surface area contributed by atoms with Crippen LogP contribution in [0.4, 0.5) is 17.1 Å². The summed E-state index contributed by atoms with van der Waals surface area (Å²) in [6.07, 6.45) is 1.65. The Morgan fingerprint density at radius 3 is 1.78 bits per heavy atom. The number of nitrogens with one attached hydrogen (secondary N) is 2. The summed E-state index contributed by atoms with van der Waals surface area (Å²) in [5, 5.41) is 5.27. The summed E-state index contributed by atoms with van der Waals surface area (Å²) in [5.74, 6) is -0.880. The van der Waals surface area contributed by atoms with E-state index in [1.54, 1.807) is 47.4 Å². The van der Waals surface area contributed by atoms with Gasteiger partial charge in [0.2, 0.25) is 5.91 Å². The molecule has 5 aromatic carbocycles. The second-order valence-electron chi connectivity index (χ2n) is 10.4. The summed E-state index contributed by atoms with van der Waals surface area (Å²) < 4.78 is 0. The molecule has 1 unspecified atom stereocenters. The number of thioether (sulfide) groups is 1. The third kappa shape index (κ3) is 8.37. The molecule has 0 aromatic heterocycles. The SMILES string of the molecule is Cc1ccc(/C=C(\NC(=O)c2ccccc2)C(=O)Nc2ccc(SC(C)C(=O)N(c3ccccc3)c3ccccc3)cc2)cc1. The highest BCUT2D eigenvalue weighted by molar-refractivity contribution is 8.00. The maximum atomic E-state index is 13.7. The van der Waals surface area contributed by atoms with Crippen molar-refractivity contribution >= 4 is 52.6 Å². The van der Waals surface area contributed by atoms with Crippen molar-refractivity contribution in [2.45, 2.75) is 24.0 Å². The molecule has 3 amide bonds. The Balaban J connectivity index is 1.29. The van der Waals surface area contributed by atoms with E-state index in [0.29, 0.717) is 11.3 Å². The van der Waals surface area contributed by atoms with Crippen molar-refractivity contribution in [1.29, 1.82) is 0 Å². The molecular weight excluding hydrogens is 579 g/mol. The maximum Gasteiger partial charge on any atom is 0.272 e. The summed E-state index contributed by atoms with van der Waals surface area (Å²) in [4.78, 5) is 42.6. The summed E-state index contributed by atoms with van der Waals surface area (Å²) in [6.45, 7) is 3.87. The first kappa shape index (κ1) is 31.0. The van der Waals surface area contributed by atoms with Crippen LogP contribution in [0.3, 0.4) is 0 Å².